The number of aromatic nitrogens is 4. The van der Waals surface area contributed by atoms with Crippen molar-refractivity contribution in [1.82, 2.24) is 30.6 Å². The van der Waals surface area contributed by atoms with Crippen LogP contribution in [0.2, 0.25) is 5.02 Å². The fourth-order valence-electron chi connectivity index (χ4n) is 5.61. The Morgan fingerprint density at radius 3 is 2.38 bits per heavy atom. The number of ketones is 1. The average molecular weight is 800 g/mol. The van der Waals surface area contributed by atoms with Crippen LogP contribution < -0.4 is 10.6 Å². The molecule has 2 aromatic heterocycles. The Hall–Kier alpha value is -5.47. The van der Waals surface area contributed by atoms with Gasteiger partial charge in [0.1, 0.15) is 30.0 Å². The van der Waals surface area contributed by atoms with Crippen LogP contribution in [0.4, 0.5) is 17.6 Å². The molecule has 0 fully saturated rings. The predicted molar refractivity (Wildman–Crippen MR) is 190 cm³/mol. The number of rotatable bonds is 19. The Kier molecular flexibility index (Phi) is 12.9. The standard InChI is InChI=1S/C36H34ClF4N9O6/c37-28-17-25(38)5-6-27(28)32-31(30(52)19-51)29(44-33(45-32)22-7-9-42-10-8-22)21-56-20-26-18-50(49-46-26)12-14-55-16-15-54-13-11-43-34(53)23-1-3-24(4-2-23)35(47-48-35)36(39,40)41/h1-10,17-18,32,51H,11-16,19-21H2,(H,43,53)(H,44,45). The summed E-state index contributed by atoms with van der Waals surface area (Å²) >= 11 is 6.40. The van der Waals surface area contributed by atoms with Crippen molar-refractivity contribution >= 4 is 29.1 Å². The highest BCUT2D eigenvalue weighted by Gasteiger charge is 2.65. The van der Waals surface area contributed by atoms with Crippen molar-refractivity contribution in [2.75, 3.05) is 46.2 Å². The van der Waals surface area contributed by atoms with Gasteiger partial charge in [0.25, 0.3) is 5.91 Å². The number of amides is 1. The summed E-state index contributed by atoms with van der Waals surface area (Å²) in [5.74, 6) is -1.24. The van der Waals surface area contributed by atoms with Gasteiger partial charge in [0.2, 0.25) is 0 Å². The minimum Gasteiger partial charge on any atom is -0.388 e. The Labute approximate surface area is 321 Å². The number of nitrogens with zero attached hydrogens (tertiary/aromatic N) is 7. The predicted octanol–water partition coefficient (Wildman–Crippen LogP) is 4.23. The fraction of sp³-hybridized carbons (Fsp3) is 0.333. The van der Waals surface area contributed by atoms with Crippen molar-refractivity contribution in [3.8, 4) is 0 Å². The minimum atomic E-state index is -4.64. The van der Waals surface area contributed by atoms with Gasteiger partial charge in [0.05, 0.1) is 58.1 Å². The van der Waals surface area contributed by atoms with Crippen LogP contribution in [0.1, 0.15) is 38.8 Å². The molecular weight excluding hydrogens is 766 g/mol. The maximum atomic E-state index is 13.9. The topological polar surface area (TPSA) is 187 Å². The number of alkyl halides is 3. The zero-order chi connectivity index (χ0) is 39.7. The molecular formula is C36H34ClF4N9O6. The third-order valence-electron chi connectivity index (χ3n) is 8.48. The van der Waals surface area contributed by atoms with Gasteiger partial charge in [-0.1, -0.05) is 35.0 Å². The van der Waals surface area contributed by atoms with Crippen molar-refractivity contribution < 1.29 is 46.5 Å². The fourth-order valence-corrected chi connectivity index (χ4v) is 5.88. The SMILES string of the molecule is O=C(CO)C1=C(COCc2cn(CCOCCOCCNC(=O)c3ccc(C4(C(F)(F)F)N=N4)cc3)nn2)NC(c2ccncc2)=NC1c1ccc(F)cc1Cl. The van der Waals surface area contributed by atoms with Gasteiger partial charge < -0.3 is 30.0 Å². The zero-order valence-electron chi connectivity index (χ0n) is 29.4. The van der Waals surface area contributed by atoms with Crippen molar-refractivity contribution in [3.63, 3.8) is 0 Å². The molecule has 4 heterocycles. The number of carbonyl (C=O) groups excluding carboxylic acids is 2. The van der Waals surface area contributed by atoms with Crippen LogP contribution in [-0.2, 0) is 37.8 Å². The number of Topliss-reactive ketones (excluding diaryl/α,β-unsaturated/α-hetero) is 1. The normalized spacial score (nSPS) is 16.0. The molecule has 0 saturated heterocycles. The number of ether oxygens (including phenoxy) is 3. The van der Waals surface area contributed by atoms with Gasteiger partial charge in [-0.05, 0) is 36.4 Å². The molecule has 0 aliphatic carbocycles. The van der Waals surface area contributed by atoms with E-state index < -0.39 is 42.0 Å². The van der Waals surface area contributed by atoms with Gasteiger partial charge in [0, 0.05) is 51.8 Å². The first-order valence-electron chi connectivity index (χ1n) is 17.1. The summed E-state index contributed by atoms with van der Waals surface area (Å²) in [6.45, 7) is 0.675. The molecule has 4 aromatic rings. The highest BCUT2D eigenvalue weighted by molar-refractivity contribution is 6.31. The van der Waals surface area contributed by atoms with E-state index in [9.17, 15) is 32.3 Å². The first kappa shape index (κ1) is 40.2. The third kappa shape index (κ3) is 9.66. The second-order valence-electron chi connectivity index (χ2n) is 12.3. The van der Waals surface area contributed by atoms with Crippen LogP contribution in [0.15, 0.2) is 99.7 Å². The number of nitrogens with one attached hydrogen (secondary N) is 2. The molecule has 0 saturated carbocycles. The first-order chi connectivity index (χ1) is 27.0. The average Bonchev–Trinajstić information content (AvgIpc) is 3.91. The largest absolute Gasteiger partial charge is 0.442 e. The van der Waals surface area contributed by atoms with Crippen LogP contribution in [0.25, 0.3) is 0 Å². The van der Waals surface area contributed by atoms with Crippen LogP contribution in [-0.4, -0.2) is 95.0 Å². The number of amidine groups is 1. The summed E-state index contributed by atoms with van der Waals surface area (Å²) in [7, 11) is 0. The van der Waals surface area contributed by atoms with Gasteiger partial charge in [-0.3, -0.25) is 19.6 Å². The number of aliphatic hydroxyl groups is 1. The van der Waals surface area contributed by atoms with E-state index in [0.717, 1.165) is 6.07 Å². The third-order valence-corrected chi connectivity index (χ3v) is 8.80. The Balaban J connectivity index is 0.921. The first-order valence-corrected chi connectivity index (χ1v) is 17.5. The lowest BCUT2D eigenvalue weighted by Crippen LogP contribution is -2.36. The molecule has 3 N–H and O–H groups in total. The number of hydrogen-bond acceptors (Lipinski definition) is 13. The molecule has 1 amide bonds. The molecule has 0 spiro atoms. The minimum absolute atomic E-state index is 0.0250. The number of hydrogen-bond donors (Lipinski definition) is 3. The van der Waals surface area contributed by atoms with Crippen molar-refractivity contribution in [2.24, 2.45) is 15.2 Å². The number of benzene rings is 2. The summed E-state index contributed by atoms with van der Waals surface area (Å²) in [5, 5.41) is 30.2. The molecule has 15 nitrogen and oxygen atoms in total. The molecule has 2 aromatic carbocycles. The van der Waals surface area contributed by atoms with Crippen LogP contribution in [0, 0.1) is 5.82 Å². The number of pyridine rings is 1. The maximum Gasteiger partial charge on any atom is 0.442 e. The summed E-state index contributed by atoms with van der Waals surface area (Å²) in [4.78, 5) is 34.1. The lowest BCUT2D eigenvalue weighted by atomic mass is 9.92. The van der Waals surface area contributed by atoms with Gasteiger partial charge >= 0.3 is 11.8 Å². The molecule has 1 unspecified atom stereocenters. The van der Waals surface area contributed by atoms with Crippen LogP contribution in [0.3, 0.4) is 0 Å². The molecule has 20 heteroatoms. The molecule has 2 aliphatic heterocycles. The molecule has 0 bridgehead atoms. The van der Waals surface area contributed by atoms with E-state index in [-0.39, 0.29) is 61.3 Å². The smallest absolute Gasteiger partial charge is 0.388 e. The Bertz CT molecular complexity index is 2110. The number of halogens is 5. The van der Waals surface area contributed by atoms with Crippen molar-refractivity contribution in [2.45, 2.75) is 31.0 Å². The Morgan fingerprint density at radius 2 is 1.70 bits per heavy atom. The van der Waals surface area contributed by atoms with E-state index in [4.69, 9.17) is 30.8 Å². The number of carbonyl (C=O) groups is 2. The summed E-state index contributed by atoms with van der Waals surface area (Å²) in [6.07, 6.45) is 0.200. The quantitative estimate of drug-likeness (QED) is 0.0916. The van der Waals surface area contributed by atoms with Crippen LogP contribution in [0.5, 0.6) is 0 Å². The lowest BCUT2D eigenvalue weighted by Gasteiger charge is -2.28. The highest BCUT2D eigenvalue weighted by atomic mass is 35.5. The van der Waals surface area contributed by atoms with Gasteiger partial charge in [-0.25, -0.2) is 9.07 Å². The molecule has 294 valence electrons. The molecule has 56 heavy (non-hydrogen) atoms. The monoisotopic (exact) mass is 799 g/mol. The molecule has 2 aliphatic rings. The van der Waals surface area contributed by atoms with E-state index in [1.54, 1.807) is 35.4 Å². The van der Waals surface area contributed by atoms with E-state index >= 15 is 0 Å². The second-order valence-corrected chi connectivity index (χ2v) is 12.7. The van der Waals surface area contributed by atoms with E-state index in [1.165, 1.54) is 36.4 Å². The van der Waals surface area contributed by atoms with Gasteiger partial charge in [-0.2, -0.15) is 13.2 Å². The number of aliphatic hydroxyl groups excluding tert-OH is 1. The van der Waals surface area contributed by atoms with Gasteiger partial charge in [0.15, 0.2) is 5.78 Å². The highest BCUT2D eigenvalue weighted by Crippen LogP contribution is 2.52. The molecule has 0 radical (unpaired) electrons. The van der Waals surface area contributed by atoms with E-state index in [2.05, 4.69) is 36.2 Å². The molecule has 1 atom stereocenters. The lowest BCUT2D eigenvalue weighted by molar-refractivity contribution is -0.166. The molecule has 6 rings (SSSR count). The van der Waals surface area contributed by atoms with E-state index in [1.807, 2.05) is 0 Å². The van der Waals surface area contributed by atoms with E-state index in [0.29, 0.717) is 41.5 Å². The zero-order valence-corrected chi connectivity index (χ0v) is 30.1. The second kappa shape index (κ2) is 18.0. The van der Waals surface area contributed by atoms with Crippen molar-refractivity contribution in [3.05, 3.63) is 123 Å². The Morgan fingerprint density at radius 1 is 0.964 bits per heavy atom. The van der Waals surface area contributed by atoms with Crippen LogP contribution >= 0.6 is 11.6 Å². The maximum absolute atomic E-state index is 13.9. The number of aliphatic imine (C=N–C) groups is 1. The summed E-state index contributed by atoms with van der Waals surface area (Å²) < 4.78 is 71.9. The van der Waals surface area contributed by atoms with Crippen molar-refractivity contribution in [1.29, 1.82) is 0 Å². The summed E-state index contributed by atoms with van der Waals surface area (Å²) in [6, 6.07) is 11.2. The van der Waals surface area contributed by atoms with Gasteiger partial charge in [-0.15, -0.1) is 15.3 Å². The summed E-state index contributed by atoms with van der Waals surface area (Å²) in [5.41, 5.74) is -0.524.